The van der Waals surface area contributed by atoms with E-state index in [2.05, 4.69) is 33.5 Å². The summed E-state index contributed by atoms with van der Waals surface area (Å²) in [5.74, 6) is 0.899. The largest absolute Gasteiger partial charge is 0.492 e. The molecule has 0 spiro atoms. The van der Waals surface area contributed by atoms with Crippen molar-refractivity contribution in [1.82, 2.24) is 10.6 Å². The van der Waals surface area contributed by atoms with Gasteiger partial charge in [-0.1, -0.05) is 19.1 Å². The number of hydrogen-bond donors (Lipinski definition) is 2. The first kappa shape index (κ1) is 20.2. The maximum atomic E-state index is 11.6. The second-order valence-electron chi connectivity index (χ2n) is 4.48. The van der Waals surface area contributed by atoms with Crippen LogP contribution in [-0.2, 0) is 4.79 Å². The molecule has 0 fully saturated rings. The summed E-state index contributed by atoms with van der Waals surface area (Å²) >= 11 is 3.42. The lowest BCUT2D eigenvalue weighted by molar-refractivity contribution is -0.121. The topological polar surface area (TPSA) is 50.4 Å². The van der Waals surface area contributed by atoms with Crippen LogP contribution in [0.25, 0.3) is 0 Å². The molecule has 0 unspecified atom stereocenters. The summed E-state index contributed by atoms with van der Waals surface area (Å²) in [4.78, 5) is 11.6. The Morgan fingerprint density at radius 3 is 2.71 bits per heavy atom. The Bertz CT molecular complexity index is 405. The van der Waals surface area contributed by atoms with E-state index < -0.39 is 0 Å². The van der Waals surface area contributed by atoms with Gasteiger partial charge in [0.2, 0.25) is 5.91 Å². The van der Waals surface area contributed by atoms with Gasteiger partial charge in [0.25, 0.3) is 0 Å². The Labute approximate surface area is 141 Å². The molecule has 0 heterocycles. The second-order valence-corrected chi connectivity index (χ2v) is 5.34. The molecular weight excluding hydrogens is 356 g/mol. The number of rotatable bonds is 10. The van der Waals surface area contributed by atoms with Crippen molar-refractivity contribution in [2.24, 2.45) is 0 Å². The van der Waals surface area contributed by atoms with Crippen molar-refractivity contribution < 1.29 is 9.53 Å². The Morgan fingerprint density at radius 2 is 2.00 bits per heavy atom. The van der Waals surface area contributed by atoms with Gasteiger partial charge in [0.15, 0.2) is 0 Å². The maximum absolute atomic E-state index is 11.6. The summed E-state index contributed by atoms with van der Waals surface area (Å²) in [5, 5.41) is 6.13. The summed E-state index contributed by atoms with van der Waals surface area (Å²) in [5.41, 5.74) is 0. The van der Waals surface area contributed by atoms with Crippen LogP contribution in [0.2, 0.25) is 0 Å². The molecule has 2 N–H and O–H groups in total. The highest BCUT2D eigenvalue weighted by molar-refractivity contribution is 9.10. The number of hydrogen-bond acceptors (Lipinski definition) is 3. The molecule has 120 valence electrons. The number of carbonyl (C=O) groups excluding carboxylic acids is 1. The fourth-order valence-electron chi connectivity index (χ4n) is 1.66. The van der Waals surface area contributed by atoms with E-state index in [1.165, 1.54) is 0 Å². The third-order valence-corrected chi connectivity index (χ3v) is 3.35. The Morgan fingerprint density at radius 1 is 1.24 bits per heavy atom. The zero-order valence-electron chi connectivity index (χ0n) is 12.4. The lowest BCUT2D eigenvalue weighted by atomic mass is 10.3. The first-order valence-electron chi connectivity index (χ1n) is 7.08. The lowest BCUT2D eigenvalue weighted by Crippen LogP contribution is -2.32. The van der Waals surface area contributed by atoms with Gasteiger partial charge in [0.05, 0.1) is 11.1 Å². The van der Waals surface area contributed by atoms with Gasteiger partial charge in [0, 0.05) is 19.5 Å². The van der Waals surface area contributed by atoms with Crippen LogP contribution in [0.3, 0.4) is 0 Å². The molecule has 1 aromatic carbocycles. The molecule has 21 heavy (non-hydrogen) atoms. The van der Waals surface area contributed by atoms with Crippen molar-refractivity contribution in [2.45, 2.75) is 26.2 Å². The van der Waals surface area contributed by atoms with Crippen molar-refractivity contribution >= 4 is 34.2 Å². The van der Waals surface area contributed by atoms with Crippen LogP contribution in [0.5, 0.6) is 5.75 Å². The zero-order valence-corrected chi connectivity index (χ0v) is 14.8. The predicted octanol–water partition coefficient (Wildman–Crippen LogP) is 3.15. The zero-order chi connectivity index (χ0) is 14.6. The quantitative estimate of drug-likeness (QED) is 0.614. The van der Waals surface area contributed by atoms with Crippen LogP contribution >= 0.6 is 28.3 Å². The van der Waals surface area contributed by atoms with Gasteiger partial charge in [-0.05, 0) is 47.4 Å². The normalized spacial score (nSPS) is 9.81. The molecule has 0 aromatic heterocycles. The van der Waals surface area contributed by atoms with E-state index >= 15 is 0 Å². The van der Waals surface area contributed by atoms with Gasteiger partial charge in [-0.15, -0.1) is 12.4 Å². The Balaban J connectivity index is 0.00000400. The number of benzene rings is 1. The van der Waals surface area contributed by atoms with E-state index in [9.17, 15) is 4.79 Å². The molecule has 0 aliphatic carbocycles. The van der Waals surface area contributed by atoms with Gasteiger partial charge >= 0.3 is 0 Å². The van der Waals surface area contributed by atoms with E-state index in [-0.39, 0.29) is 18.3 Å². The molecule has 1 aromatic rings. The minimum atomic E-state index is 0. The first-order chi connectivity index (χ1) is 9.74. The molecule has 1 amide bonds. The van der Waals surface area contributed by atoms with Crippen LogP contribution in [0.4, 0.5) is 0 Å². The minimum Gasteiger partial charge on any atom is -0.492 e. The molecule has 1 rings (SSSR count). The maximum Gasteiger partial charge on any atom is 0.220 e. The van der Waals surface area contributed by atoms with E-state index in [4.69, 9.17) is 4.74 Å². The van der Waals surface area contributed by atoms with Crippen molar-refractivity contribution in [3.8, 4) is 5.75 Å². The van der Waals surface area contributed by atoms with Gasteiger partial charge < -0.3 is 15.4 Å². The van der Waals surface area contributed by atoms with E-state index in [1.807, 2.05) is 24.3 Å². The minimum absolute atomic E-state index is 0. The molecule has 0 aliphatic rings. The van der Waals surface area contributed by atoms with Gasteiger partial charge in [-0.25, -0.2) is 0 Å². The van der Waals surface area contributed by atoms with Crippen LogP contribution in [0.15, 0.2) is 28.7 Å². The van der Waals surface area contributed by atoms with Crippen LogP contribution in [0.1, 0.15) is 26.2 Å². The Kier molecular flexibility index (Phi) is 12.4. The fraction of sp³-hybridized carbons (Fsp3) is 0.533. The highest BCUT2D eigenvalue weighted by Gasteiger charge is 2.02. The van der Waals surface area contributed by atoms with Gasteiger partial charge in [-0.3, -0.25) is 4.79 Å². The van der Waals surface area contributed by atoms with Crippen molar-refractivity contribution in [2.75, 3.05) is 26.2 Å². The van der Waals surface area contributed by atoms with E-state index in [1.54, 1.807) is 0 Å². The van der Waals surface area contributed by atoms with E-state index in [0.29, 0.717) is 19.6 Å². The third kappa shape index (κ3) is 9.72. The number of halogens is 2. The average Bonchev–Trinajstić information content (AvgIpc) is 2.45. The number of nitrogens with one attached hydrogen (secondary N) is 2. The van der Waals surface area contributed by atoms with Crippen molar-refractivity contribution in [3.63, 3.8) is 0 Å². The molecule has 4 nitrogen and oxygen atoms in total. The van der Waals surface area contributed by atoms with Gasteiger partial charge in [0.1, 0.15) is 5.75 Å². The molecule has 0 bridgehead atoms. The van der Waals surface area contributed by atoms with E-state index in [0.717, 1.165) is 36.2 Å². The smallest absolute Gasteiger partial charge is 0.220 e. The number of para-hydroxylation sites is 1. The Hall–Kier alpha value is -0.780. The van der Waals surface area contributed by atoms with Crippen molar-refractivity contribution in [3.05, 3.63) is 28.7 Å². The molecule has 0 radical (unpaired) electrons. The van der Waals surface area contributed by atoms with Crippen LogP contribution in [0, 0.1) is 0 Å². The predicted molar refractivity (Wildman–Crippen MR) is 92.3 cm³/mol. The monoisotopic (exact) mass is 378 g/mol. The number of ether oxygens (including phenoxy) is 1. The molecule has 0 atom stereocenters. The number of amides is 1. The standard InChI is InChI=1S/C15H23BrN2O2.ClH/c1-2-9-17-10-11-18-15(19)8-5-12-20-14-7-4-3-6-13(14)16;/h3-4,6-7,17H,2,5,8-12H2,1H3,(H,18,19);1H. The summed E-state index contributed by atoms with van der Waals surface area (Å²) in [6, 6.07) is 7.71. The average molecular weight is 380 g/mol. The van der Waals surface area contributed by atoms with Crippen LogP contribution in [-0.4, -0.2) is 32.1 Å². The van der Waals surface area contributed by atoms with Crippen LogP contribution < -0.4 is 15.4 Å². The summed E-state index contributed by atoms with van der Waals surface area (Å²) in [7, 11) is 0. The second kappa shape index (κ2) is 12.9. The SMILES string of the molecule is CCCNCCNC(=O)CCCOc1ccccc1Br.Cl. The highest BCUT2D eigenvalue weighted by atomic mass is 79.9. The molecule has 0 saturated heterocycles. The van der Waals surface area contributed by atoms with Crippen molar-refractivity contribution in [1.29, 1.82) is 0 Å². The summed E-state index contributed by atoms with van der Waals surface area (Å²) in [6.45, 7) is 5.17. The summed E-state index contributed by atoms with van der Waals surface area (Å²) < 4.78 is 6.54. The lowest BCUT2D eigenvalue weighted by Gasteiger charge is -2.08. The summed E-state index contributed by atoms with van der Waals surface area (Å²) in [6.07, 6.45) is 2.33. The molecule has 0 saturated carbocycles. The third-order valence-electron chi connectivity index (χ3n) is 2.69. The molecule has 0 aliphatic heterocycles. The molecular formula is C15H24BrClN2O2. The molecule has 6 heteroatoms. The first-order valence-corrected chi connectivity index (χ1v) is 7.88. The highest BCUT2D eigenvalue weighted by Crippen LogP contribution is 2.23. The number of carbonyl (C=O) groups is 1. The van der Waals surface area contributed by atoms with Gasteiger partial charge in [-0.2, -0.15) is 0 Å². The fourth-order valence-corrected chi connectivity index (χ4v) is 2.06.